The summed E-state index contributed by atoms with van der Waals surface area (Å²) in [5.41, 5.74) is -1.77. The number of aliphatic hydroxyl groups excluding tert-OH is 1. The first-order valence-electron chi connectivity index (χ1n) is 3.57. The van der Waals surface area contributed by atoms with E-state index in [9.17, 15) is 13.2 Å². The highest BCUT2D eigenvalue weighted by Gasteiger charge is 2.34. The standard InChI is InChI=1S/C8H5F3N2O/c9-8(10,11)6-2-1-5(4-14)13-7(6)3-12/h1-2,14H,4H2. The number of nitrogens with zero attached hydrogens (tertiary/aromatic N) is 2. The molecule has 1 aromatic rings. The Morgan fingerprint density at radius 3 is 2.50 bits per heavy atom. The average molecular weight is 202 g/mol. The topological polar surface area (TPSA) is 56.9 Å². The lowest BCUT2D eigenvalue weighted by molar-refractivity contribution is -0.138. The monoisotopic (exact) mass is 202 g/mol. The zero-order valence-corrected chi connectivity index (χ0v) is 6.84. The van der Waals surface area contributed by atoms with E-state index >= 15 is 0 Å². The predicted octanol–water partition coefficient (Wildman–Crippen LogP) is 1.46. The SMILES string of the molecule is N#Cc1nc(CO)ccc1C(F)(F)F. The van der Waals surface area contributed by atoms with E-state index in [4.69, 9.17) is 10.4 Å². The molecule has 1 aromatic heterocycles. The van der Waals surface area contributed by atoms with Crippen molar-refractivity contribution in [2.75, 3.05) is 0 Å². The Bertz CT molecular complexity index is 381. The number of aromatic nitrogens is 1. The summed E-state index contributed by atoms with van der Waals surface area (Å²) in [6, 6.07) is 3.10. The quantitative estimate of drug-likeness (QED) is 0.750. The zero-order chi connectivity index (χ0) is 10.8. The maximum Gasteiger partial charge on any atom is 0.419 e. The van der Waals surface area contributed by atoms with Crippen LogP contribution in [0.3, 0.4) is 0 Å². The van der Waals surface area contributed by atoms with Crippen molar-refractivity contribution in [2.45, 2.75) is 12.8 Å². The third-order valence-electron chi connectivity index (χ3n) is 1.53. The van der Waals surface area contributed by atoms with Crippen molar-refractivity contribution in [1.29, 1.82) is 5.26 Å². The fourth-order valence-corrected chi connectivity index (χ4v) is 0.902. The lowest BCUT2D eigenvalue weighted by Gasteiger charge is -2.08. The van der Waals surface area contributed by atoms with Crippen molar-refractivity contribution < 1.29 is 18.3 Å². The molecule has 0 aliphatic rings. The van der Waals surface area contributed by atoms with Crippen LogP contribution in [-0.4, -0.2) is 10.1 Å². The smallest absolute Gasteiger partial charge is 0.390 e. The van der Waals surface area contributed by atoms with E-state index in [0.717, 1.165) is 12.1 Å². The van der Waals surface area contributed by atoms with Crippen LogP contribution in [-0.2, 0) is 12.8 Å². The van der Waals surface area contributed by atoms with Crippen molar-refractivity contribution in [3.8, 4) is 6.07 Å². The second-order valence-electron chi connectivity index (χ2n) is 2.47. The highest BCUT2D eigenvalue weighted by Crippen LogP contribution is 2.30. The van der Waals surface area contributed by atoms with Crippen LogP contribution in [0.15, 0.2) is 12.1 Å². The molecule has 0 saturated carbocycles. The van der Waals surface area contributed by atoms with Crippen LogP contribution in [0.25, 0.3) is 0 Å². The van der Waals surface area contributed by atoms with E-state index in [0.29, 0.717) is 0 Å². The molecule has 0 fully saturated rings. The summed E-state index contributed by atoms with van der Waals surface area (Å²) < 4.78 is 36.7. The van der Waals surface area contributed by atoms with Gasteiger partial charge in [0, 0.05) is 0 Å². The maximum atomic E-state index is 12.2. The highest BCUT2D eigenvalue weighted by molar-refractivity contribution is 5.34. The second-order valence-corrected chi connectivity index (χ2v) is 2.47. The van der Waals surface area contributed by atoms with Gasteiger partial charge in [0.1, 0.15) is 6.07 Å². The lowest BCUT2D eigenvalue weighted by atomic mass is 10.2. The first-order chi connectivity index (χ1) is 6.49. The molecule has 0 unspecified atom stereocenters. The van der Waals surface area contributed by atoms with Gasteiger partial charge in [0.15, 0.2) is 5.69 Å². The van der Waals surface area contributed by atoms with E-state index in [1.807, 2.05) is 0 Å². The Morgan fingerprint density at radius 2 is 2.07 bits per heavy atom. The third kappa shape index (κ3) is 2.00. The Morgan fingerprint density at radius 1 is 1.43 bits per heavy atom. The number of aliphatic hydroxyl groups is 1. The molecule has 0 radical (unpaired) electrons. The van der Waals surface area contributed by atoms with Gasteiger partial charge < -0.3 is 5.11 Å². The zero-order valence-electron chi connectivity index (χ0n) is 6.84. The average Bonchev–Trinajstić information content (AvgIpc) is 2.15. The largest absolute Gasteiger partial charge is 0.419 e. The maximum absolute atomic E-state index is 12.2. The van der Waals surface area contributed by atoms with E-state index in [2.05, 4.69) is 4.98 Å². The first-order valence-corrected chi connectivity index (χ1v) is 3.57. The van der Waals surface area contributed by atoms with Crippen LogP contribution < -0.4 is 0 Å². The summed E-state index contributed by atoms with van der Waals surface area (Å²) in [7, 11) is 0. The van der Waals surface area contributed by atoms with Gasteiger partial charge in [0.05, 0.1) is 17.9 Å². The van der Waals surface area contributed by atoms with Crippen LogP contribution in [0, 0.1) is 11.3 Å². The summed E-state index contributed by atoms with van der Waals surface area (Å²) in [6.07, 6.45) is -4.59. The predicted molar refractivity (Wildman–Crippen MR) is 39.9 cm³/mol. The van der Waals surface area contributed by atoms with Crippen LogP contribution >= 0.6 is 0 Å². The van der Waals surface area contributed by atoms with Crippen molar-refractivity contribution >= 4 is 0 Å². The number of nitriles is 1. The van der Waals surface area contributed by atoms with Gasteiger partial charge >= 0.3 is 6.18 Å². The summed E-state index contributed by atoms with van der Waals surface area (Å²) in [4.78, 5) is 3.35. The number of pyridine rings is 1. The van der Waals surface area contributed by atoms with Crippen molar-refractivity contribution in [3.05, 3.63) is 29.1 Å². The molecule has 74 valence electrons. The molecule has 3 nitrogen and oxygen atoms in total. The van der Waals surface area contributed by atoms with E-state index < -0.39 is 24.0 Å². The molecule has 1 N–H and O–H groups in total. The summed E-state index contributed by atoms with van der Waals surface area (Å²) in [5.74, 6) is 0. The molecule has 0 atom stereocenters. The minimum atomic E-state index is -4.59. The van der Waals surface area contributed by atoms with Gasteiger partial charge in [0.2, 0.25) is 0 Å². The van der Waals surface area contributed by atoms with Crippen LogP contribution in [0.4, 0.5) is 13.2 Å². The van der Waals surface area contributed by atoms with E-state index in [1.165, 1.54) is 6.07 Å². The number of rotatable bonds is 1. The fraction of sp³-hybridized carbons (Fsp3) is 0.250. The van der Waals surface area contributed by atoms with Crippen molar-refractivity contribution in [2.24, 2.45) is 0 Å². The molecule has 0 bridgehead atoms. The third-order valence-corrected chi connectivity index (χ3v) is 1.53. The minimum Gasteiger partial charge on any atom is -0.390 e. The molecular formula is C8H5F3N2O. The van der Waals surface area contributed by atoms with Gasteiger partial charge in [-0.15, -0.1) is 0 Å². The van der Waals surface area contributed by atoms with Gasteiger partial charge in [-0.05, 0) is 12.1 Å². The summed E-state index contributed by atoms with van der Waals surface area (Å²) in [5, 5.41) is 17.0. The molecule has 0 aliphatic carbocycles. The molecule has 6 heteroatoms. The number of hydrogen-bond donors (Lipinski definition) is 1. The van der Waals surface area contributed by atoms with Gasteiger partial charge in [-0.25, -0.2) is 4.98 Å². The molecular weight excluding hydrogens is 197 g/mol. The normalized spacial score (nSPS) is 11.1. The molecule has 0 amide bonds. The molecule has 0 saturated heterocycles. The van der Waals surface area contributed by atoms with Crippen molar-refractivity contribution in [1.82, 2.24) is 4.98 Å². The second kappa shape index (κ2) is 3.64. The highest BCUT2D eigenvalue weighted by atomic mass is 19.4. The van der Waals surface area contributed by atoms with E-state index in [1.54, 1.807) is 0 Å². The molecule has 0 aliphatic heterocycles. The van der Waals surface area contributed by atoms with Crippen LogP contribution in [0.1, 0.15) is 17.0 Å². The Balaban J connectivity index is 3.28. The Hall–Kier alpha value is -1.61. The summed E-state index contributed by atoms with van der Waals surface area (Å²) >= 11 is 0. The van der Waals surface area contributed by atoms with Gasteiger partial charge in [-0.1, -0.05) is 0 Å². The molecule has 1 heterocycles. The molecule has 14 heavy (non-hydrogen) atoms. The van der Waals surface area contributed by atoms with Gasteiger partial charge in [-0.3, -0.25) is 0 Å². The van der Waals surface area contributed by atoms with E-state index in [-0.39, 0.29) is 5.69 Å². The lowest BCUT2D eigenvalue weighted by Crippen LogP contribution is -2.10. The molecule has 0 aromatic carbocycles. The van der Waals surface area contributed by atoms with Crippen LogP contribution in [0.2, 0.25) is 0 Å². The number of halogens is 3. The number of hydrogen-bond acceptors (Lipinski definition) is 3. The van der Waals surface area contributed by atoms with Crippen LogP contribution in [0.5, 0.6) is 0 Å². The van der Waals surface area contributed by atoms with Gasteiger partial charge in [0.25, 0.3) is 0 Å². The van der Waals surface area contributed by atoms with Gasteiger partial charge in [-0.2, -0.15) is 18.4 Å². The Kier molecular flexibility index (Phi) is 2.72. The Labute approximate surface area is 77.4 Å². The fourth-order valence-electron chi connectivity index (χ4n) is 0.902. The van der Waals surface area contributed by atoms with Crippen molar-refractivity contribution in [3.63, 3.8) is 0 Å². The minimum absolute atomic E-state index is 0.0366. The molecule has 0 spiro atoms. The summed E-state index contributed by atoms with van der Waals surface area (Å²) in [6.45, 7) is -0.493. The first kappa shape index (κ1) is 10.5. The molecule has 1 rings (SSSR count). The number of alkyl halides is 3.